The number of rotatable bonds is 14. The van der Waals surface area contributed by atoms with Gasteiger partial charge in [-0.3, -0.25) is 13.9 Å². The van der Waals surface area contributed by atoms with E-state index < -0.39 is 16.1 Å². The number of amides is 2. The third kappa shape index (κ3) is 9.28. The molecule has 1 heterocycles. The number of nitrogens with zero attached hydrogens (tertiary/aromatic N) is 2. The first kappa shape index (κ1) is 34.4. The molecule has 0 radical (unpaired) electrons. The van der Waals surface area contributed by atoms with Crippen LogP contribution < -0.4 is 19.1 Å². The molecule has 0 spiro atoms. The molecular weight excluding hydrogens is 637 g/mol. The fourth-order valence-electron chi connectivity index (χ4n) is 5.04. The summed E-state index contributed by atoms with van der Waals surface area (Å²) < 4.78 is 38.1. The van der Waals surface area contributed by atoms with Crippen LogP contribution in [0.3, 0.4) is 0 Å². The van der Waals surface area contributed by atoms with Crippen molar-refractivity contribution in [1.29, 1.82) is 0 Å². The maximum Gasteiger partial charge on any atom is 0.243 e. The number of ether oxygens (including phenoxy) is 2. The summed E-state index contributed by atoms with van der Waals surface area (Å²) in [5, 5.41) is 3.79. The molecule has 2 unspecified atom stereocenters. The summed E-state index contributed by atoms with van der Waals surface area (Å²) in [5.74, 6) is 0.380. The number of carbonyl (C=O) groups is 2. The van der Waals surface area contributed by atoms with Crippen molar-refractivity contribution >= 4 is 50.7 Å². The number of nitrogens with one attached hydrogen (secondary N) is 1. The maximum absolute atomic E-state index is 14.1. The normalized spacial score (nSPS) is 13.9. The molecule has 4 rings (SSSR count). The number of sulfonamides is 1. The van der Waals surface area contributed by atoms with Crippen LogP contribution in [0.15, 0.2) is 66.7 Å². The van der Waals surface area contributed by atoms with Gasteiger partial charge < -0.3 is 19.7 Å². The van der Waals surface area contributed by atoms with Gasteiger partial charge in [-0.2, -0.15) is 0 Å². The Morgan fingerprint density at radius 2 is 1.62 bits per heavy atom. The lowest BCUT2D eigenvalue weighted by molar-refractivity contribution is -0.141. The van der Waals surface area contributed by atoms with Crippen LogP contribution in [0.25, 0.3) is 0 Å². The van der Waals surface area contributed by atoms with Crippen molar-refractivity contribution in [2.24, 2.45) is 0 Å². The predicted octanol–water partition coefficient (Wildman–Crippen LogP) is 5.87. The van der Waals surface area contributed by atoms with Crippen LogP contribution in [0.1, 0.15) is 44.2 Å². The molecule has 45 heavy (non-hydrogen) atoms. The molecule has 1 aliphatic rings. The molecular formula is C33H39Cl2N3O6S. The van der Waals surface area contributed by atoms with Crippen molar-refractivity contribution in [2.75, 3.05) is 30.3 Å². The molecule has 3 aromatic rings. The zero-order chi connectivity index (χ0) is 32.6. The van der Waals surface area contributed by atoms with Crippen LogP contribution in [-0.4, -0.2) is 63.2 Å². The standard InChI is InChI=1S/C33H39Cl2N3O6S/c1-4-23(2)36-33(40)29(20-24-10-6-5-7-11-24)37(22-26-27(34)12-8-13-28(26)35)32(39)14-9-17-38(45(3,41)42)25-15-16-30-31(21-25)44-19-18-43-30/h5-8,10-13,15-16,21,23,29H,4,9,14,17-20,22H2,1-3H3,(H,36,40). The van der Waals surface area contributed by atoms with E-state index in [4.69, 9.17) is 32.7 Å². The smallest absolute Gasteiger partial charge is 0.243 e. The summed E-state index contributed by atoms with van der Waals surface area (Å²) in [6.07, 6.45) is 2.27. The lowest BCUT2D eigenvalue weighted by Crippen LogP contribution is -2.52. The zero-order valence-electron chi connectivity index (χ0n) is 25.7. The molecule has 0 fully saturated rings. The van der Waals surface area contributed by atoms with Crippen LogP contribution in [0.5, 0.6) is 11.5 Å². The summed E-state index contributed by atoms with van der Waals surface area (Å²) in [7, 11) is -3.70. The second-order valence-electron chi connectivity index (χ2n) is 11.0. The van der Waals surface area contributed by atoms with Crippen LogP contribution in [0.2, 0.25) is 10.0 Å². The van der Waals surface area contributed by atoms with Gasteiger partial charge in [-0.05, 0) is 49.6 Å². The summed E-state index contributed by atoms with van der Waals surface area (Å²) in [6.45, 7) is 4.70. The summed E-state index contributed by atoms with van der Waals surface area (Å²) in [6, 6.07) is 18.5. The van der Waals surface area contributed by atoms with E-state index in [0.717, 1.165) is 18.2 Å². The topological polar surface area (TPSA) is 105 Å². The number of hydrogen-bond acceptors (Lipinski definition) is 6. The van der Waals surface area contributed by atoms with Crippen LogP contribution in [0.4, 0.5) is 5.69 Å². The van der Waals surface area contributed by atoms with Crippen LogP contribution in [0, 0.1) is 0 Å². The molecule has 0 saturated heterocycles. The second kappa shape index (κ2) is 15.7. The van der Waals surface area contributed by atoms with Crippen molar-refractivity contribution < 1.29 is 27.5 Å². The number of carbonyl (C=O) groups excluding carboxylic acids is 2. The van der Waals surface area contributed by atoms with Gasteiger partial charge >= 0.3 is 0 Å². The van der Waals surface area contributed by atoms with E-state index in [0.29, 0.717) is 46.0 Å². The number of hydrogen-bond donors (Lipinski definition) is 1. The van der Waals surface area contributed by atoms with E-state index >= 15 is 0 Å². The first-order valence-corrected chi connectivity index (χ1v) is 17.5. The average molecular weight is 677 g/mol. The largest absolute Gasteiger partial charge is 0.486 e. The van der Waals surface area contributed by atoms with Crippen molar-refractivity contribution in [3.8, 4) is 11.5 Å². The predicted molar refractivity (Wildman–Crippen MR) is 178 cm³/mol. The molecule has 0 aliphatic carbocycles. The summed E-state index contributed by atoms with van der Waals surface area (Å²) in [4.78, 5) is 29.3. The zero-order valence-corrected chi connectivity index (χ0v) is 28.0. The fraction of sp³-hybridized carbons (Fsp3) is 0.394. The molecule has 242 valence electrons. The minimum absolute atomic E-state index is 0.000712. The molecule has 2 atom stereocenters. The van der Waals surface area contributed by atoms with E-state index in [1.807, 2.05) is 44.2 Å². The highest BCUT2D eigenvalue weighted by Crippen LogP contribution is 2.35. The Bertz CT molecular complexity index is 1570. The molecule has 9 nitrogen and oxygen atoms in total. The first-order chi connectivity index (χ1) is 21.5. The third-order valence-electron chi connectivity index (χ3n) is 7.63. The van der Waals surface area contributed by atoms with Gasteiger partial charge in [0.2, 0.25) is 21.8 Å². The minimum Gasteiger partial charge on any atom is -0.486 e. The van der Waals surface area contributed by atoms with Gasteiger partial charge in [-0.1, -0.05) is 66.5 Å². The van der Waals surface area contributed by atoms with Crippen LogP contribution in [-0.2, 0) is 32.6 Å². The molecule has 3 aromatic carbocycles. The van der Waals surface area contributed by atoms with E-state index in [9.17, 15) is 18.0 Å². The average Bonchev–Trinajstić information content (AvgIpc) is 3.01. The molecule has 12 heteroatoms. The first-order valence-electron chi connectivity index (χ1n) is 14.9. The minimum atomic E-state index is -3.70. The van der Waals surface area contributed by atoms with Crippen molar-refractivity contribution in [1.82, 2.24) is 10.2 Å². The molecule has 1 N–H and O–H groups in total. The number of halogens is 2. The van der Waals surface area contributed by atoms with Gasteiger partial charge in [0.1, 0.15) is 19.3 Å². The lowest BCUT2D eigenvalue weighted by atomic mass is 10.0. The monoisotopic (exact) mass is 675 g/mol. The molecule has 0 aromatic heterocycles. The highest BCUT2D eigenvalue weighted by molar-refractivity contribution is 7.92. The van der Waals surface area contributed by atoms with E-state index in [2.05, 4.69) is 5.32 Å². The highest BCUT2D eigenvalue weighted by atomic mass is 35.5. The van der Waals surface area contributed by atoms with Gasteiger partial charge in [-0.25, -0.2) is 8.42 Å². The molecule has 2 amide bonds. The Morgan fingerprint density at radius 1 is 0.956 bits per heavy atom. The van der Waals surface area contributed by atoms with Crippen LogP contribution >= 0.6 is 23.2 Å². The number of fused-ring (bicyclic) bond motifs is 1. The van der Waals surface area contributed by atoms with E-state index in [-0.39, 0.29) is 50.2 Å². The maximum atomic E-state index is 14.1. The Kier molecular flexibility index (Phi) is 12.0. The number of benzene rings is 3. The Hall–Kier alpha value is -3.47. The summed E-state index contributed by atoms with van der Waals surface area (Å²) in [5.41, 5.74) is 1.81. The Labute approximate surface area is 275 Å². The Balaban J connectivity index is 1.61. The van der Waals surface area contributed by atoms with Gasteiger partial charge in [0, 0.05) is 53.6 Å². The van der Waals surface area contributed by atoms with E-state index in [1.54, 1.807) is 36.4 Å². The van der Waals surface area contributed by atoms with Crippen molar-refractivity contribution in [2.45, 2.75) is 58.2 Å². The van der Waals surface area contributed by atoms with Gasteiger partial charge in [0.25, 0.3) is 0 Å². The second-order valence-corrected chi connectivity index (χ2v) is 13.7. The third-order valence-corrected chi connectivity index (χ3v) is 9.53. The molecule has 0 bridgehead atoms. The molecule has 1 aliphatic heterocycles. The van der Waals surface area contributed by atoms with Crippen molar-refractivity contribution in [3.05, 3.63) is 87.9 Å². The lowest BCUT2D eigenvalue weighted by Gasteiger charge is -2.33. The quantitative estimate of drug-likeness (QED) is 0.229. The van der Waals surface area contributed by atoms with Gasteiger partial charge in [0.15, 0.2) is 11.5 Å². The fourth-order valence-corrected chi connectivity index (χ4v) is 6.51. The van der Waals surface area contributed by atoms with Gasteiger partial charge in [0.05, 0.1) is 11.9 Å². The SMILES string of the molecule is CCC(C)NC(=O)C(Cc1ccccc1)N(Cc1c(Cl)cccc1Cl)C(=O)CCCN(c1ccc2c(c1)OCCO2)S(C)(=O)=O. The highest BCUT2D eigenvalue weighted by Gasteiger charge is 2.32. The molecule has 0 saturated carbocycles. The van der Waals surface area contributed by atoms with Gasteiger partial charge in [-0.15, -0.1) is 0 Å². The summed E-state index contributed by atoms with van der Waals surface area (Å²) >= 11 is 13.1. The van der Waals surface area contributed by atoms with Crippen molar-refractivity contribution in [3.63, 3.8) is 0 Å². The Morgan fingerprint density at radius 3 is 2.27 bits per heavy atom. The van der Waals surface area contributed by atoms with E-state index in [1.165, 1.54) is 9.21 Å². The number of anilines is 1.